The van der Waals surface area contributed by atoms with Gasteiger partial charge in [-0.25, -0.2) is 0 Å². The highest BCUT2D eigenvalue weighted by atomic mass is 35.5. The van der Waals surface area contributed by atoms with Gasteiger partial charge in [-0.2, -0.15) is 0 Å². The van der Waals surface area contributed by atoms with E-state index >= 15 is 0 Å². The van der Waals surface area contributed by atoms with E-state index in [2.05, 4.69) is 5.32 Å². The van der Waals surface area contributed by atoms with E-state index in [0.29, 0.717) is 17.3 Å². The van der Waals surface area contributed by atoms with Crippen LogP contribution in [0.2, 0.25) is 5.02 Å². The number of rotatable bonds is 8. The molecule has 2 aromatic carbocycles. The van der Waals surface area contributed by atoms with Gasteiger partial charge in [0.05, 0.1) is 30.9 Å². The predicted molar refractivity (Wildman–Crippen MR) is 107 cm³/mol. The Morgan fingerprint density at radius 1 is 1.07 bits per heavy atom. The lowest BCUT2D eigenvalue weighted by Gasteiger charge is -2.22. The van der Waals surface area contributed by atoms with Gasteiger partial charge in [0.2, 0.25) is 11.8 Å². The van der Waals surface area contributed by atoms with Crippen LogP contribution < -0.4 is 10.1 Å². The number of benzene rings is 2. The Morgan fingerprint density at radius 2 is 1.81 bits per heavy atom. The number of anilines is 1. The second kappa shape index (κ2) is 9.94. The molecule has 0 aliphatic rings. The van der Waals surface area contributed by atoms with Crippen LogP contribution in [0.5, 0.6) is 5.75 Å². The van der Waals surface area contributed by atoms with Crippen molar-refractivity contribution in [1.82, 2.24) is 9.80 Å². The SMILES string of the molecule is COc1cccc(CN(C)C(=O)CN(C)CC(=O)Nc2ccccc2Cl)c1. The second-order valence-electron chi connectivity index (χ2n) is 6.30. The van der Waals surface area contributed by atoms with E-state index in [1.165, 1.54) is 0 Å². The van der Waals surface area contributed by atoms with E-state index in [1.807, 2.05) is 24.3 Å². The lowest BCUT2D eigenvalue weighted by molar-refractivity contribution is -0.131. The number of likely N-dealkylation sites (N-methyl/N-ethyl adjacent to an activating group) is 2. The number of hydrogen-bond acceptors (Lipinski definition) is 4. The average Bonchev–Trinajstić information content (AvgIpc) is 2.63. The molecule has 0 spiro atoms. The molecule has 1 N–H and O–H groups in total. The first-order valence-electron chi connectivity index (χ1n) is 8.49. The maximum atomic E-state index is 12.4. The molecule has 0 aliphatic carbocycles. The van der Waals surface area contributed by atoms with Crippen LogP contribution in [0.15, 0.2) is 48.5 Å². The fourth-order valence-electron chi connectivity index (χ4n) is 2.54. The van der Waals surface area contributed by atoms with E-state index in [-0.39, 0.29) is 24.9 Å². The second-order valence-corrected chi connectivity index (χ2v) is 6.71. The average molecular weight is 390 g/mol. The molecular formula is C20H24ClN3O3. The summed E-state index contributed by atoms with van der Waals surface area (Å²) < 4.78 is 5.20. The topological polar surface area (TPSA) is 61.9 Å². The fourth-order valence-corrected chi connectivity index (χ4v) is 2.72. The quantitative estimate of drug-likeness (QED) is 0.754. The number of carbonyl (C=O) groups is 2. The summed E-state index contributed by atoms with van der Waals surface area (Å²) in [6.45, 7) is 0.691. The standard InChI is InChI=1S/C20H24ClN3O3/c1-23(13-19(25)22-18-10-5-4-9-17(18)21)14-20(26)24(2)12-15-7-6-8-16(11-15)27-3/h4-11H,12-14H2,1-3H3,(H,22,25). The van der Waals surface area contributed by atoms with Gasteiger partial charge in [-0.15, -0.1) is 0 Å². The molecule has 2 aromatic rings. The van der Waals surface area contributed by atoms with Crippen molar-refractivity contribution in [2.75, 3.05) is 39.6 Å². The Kier molecular flexibility index (Phi) is 7.64. The van der Waals surface area contributed by atoms with Crippen LogP contribution in [0.25, 0.3) is 0 Å². The molecule has 6 nitrogen and oxygen atoms in total. The zero-order valence-electron chi connectivity index (χ0n) is 15.7. The first-order chi connectivity index (χ1) is 12.9. The molecule has 0 saturated heterocycles. The minimum atomic E-state index is -0.228. The summed E-state index contributed by atoms with van der Waals surface area (Å²) in [6, 6.07) is 14.6. The Balaban J connectivity index is 1.83. The third-order valence-corrected chi connectivity index (χ3v) is 4.28. The zero-order valence-corrected chi connectivity index (χ0v) is 16.5. The van der Waals surface area contributed by atoms with Crippen LogP contribution in [0, 0.1) is 0 Å². The van der Waals surface area contributed by atoms with Crippen molar-refractivity contribution in [2.24, 2.45) is 0 Å². The van der Waals surface area contributed by atoms with Crippen molar-refractivity contribution >= 4 is 29.1 Å². The van der Waals surface area contributed by atoms with Crippen molar-refractivity contribution in [3.8, 4) is 5.75 Å². The largest absolute Gasteiger partial charge is 0.497 e. The van der Waals surface area contributed by atoms with Gasteiger partial charge in [-0.1, -0.05) is 35.9 Å². The van der Waals surface area contributed by atoms with Crippen molar-refractivity contribution in [2.45, 2.75) is 6.54 Å². The zero-order chi connectivity index (χ0) is 19.8. The Morgan fingerprint density at radius 3 is 2.52 bits per heavy atom. The molecule has 0 radical (unpaired) electrons. The van der Waals surface area contributed by atoms with Crippen LogP contribution in [0.3, 0.4) is 0 Å². The molecule has 0 fully saturated rings. The number of para-hydroxylation sites is 1. The van der Waals surface area contributed by atoms with E-state index in [1.54, 1.807) is 55.3 Å². The fraction of sp³-hybridized carbons (Fsp3) is 0.300. The first-order valence-corrected chi connectivity index (χ1v) is 8.86. The van der Waals surface area contributed by atoms with Crippen molar-refractivity contribution in [1.29, 1.82) is 0 Å². The minimum Gasteiger partial charge on any atom is -0.497 e. The van der Waals surface area contributed by atoms with Crippen LogP contribution in [-0.2, 0) is 16.1 Å². The number of nitrogens with one attached hydrogen (secondary N) is 1. The molecular weight excluding hydrogens is 366 g/mol. The summed E-state index contributed by atoms with van der Waals surface area (Å²) in [4.78, 5) is 27.8. The van der Waals surface area contributed by atoms with Crippen LogP contribution >= 0.6 is 11.6 Å². The Bertz CT molecular complexity index is 798. The molecule has 2 amide bonds. The van der Waals surface area contributed by atoms with Gasteiger partial charge in [-0.05, 0) is 36.9 Å². The lowest BCUT2D eigenvalue weighted by atomic mass is 10.2. The normalized spacial score (nSPS) is 10.6. The lowest BCUT2D eigenvalue weighted by Crippen LogP contribution is -2.39. The van der Waals surface area contributed by atoms with Crippen LogP contribution in [0.4, 0.5) is 5.69 Å². The molecule has 27 heavy (non-hydrogen) atoms. The number of carbonyl (C=O) groups excluding carboxylic acids is 2. The first kappa shape index (κ1) is 20.7. The van der Waals surface area contributed by atoms with Crippen LogP contribution in [-0.4, -0.2) is 55.9 Å². The molecule has 0 heterocycles. The molecule has 0 saturated carbocycles. The highest BCUT2D eigenvalue weighted by Crippen LogP contribution is 2.20. The summed E-state index contributed by atoms with van der Waals surface area (Å²) in [6.07, 6.45) is 0. The number of nitrogens with zero attached hydrogens (tertiary/aromatic N) is 2. The van der Waals surface area contributed by atoms with E-state index in [0.717, 1.165) is 11.3 Å². The summed E-state index contributed by atoms with van der Waals surface area (Å²) >= 11 is 6.03. The molecule has 0 atom stereocenters. The molecule has 0 bridgehead atoms. The maximum Gasteiger partial charge on any atom is 0.238 e. The summed E-state index contributed by atoms with van der Waals surface area (Å²) in [5.41, 5.74) is 1.53. The third-order valence-electron chi connectivity index (χ3n) is 3.95. The van der Waals surface area contributed by atoms with E-state index in [4.69, 9.17) is 16.3 Å². The van der Waals surface area contributed by atoms with Crippen molar-refractivity contribution in [3.63, 3.8) is 0 Å². The van der Waals surface area contributed by atoms with Gasteiger partial charge < -0.3 is 15.0 Å². The summed E-state index contributed by atoms with van der Waals surface area (Å²) in [5, 5.41) is 3.22. The van der Waals surface area contributed by atoms with Gasteiger partial charge in [0.15, 0.2) is 0 Å². The number of methoxy groups -OCH3 is 1. The Labute approximate surface area is 164 Å². The number of ether oxygens (including phenoxy) is 1. The van der Waals surface area contributed by atoms with Gasteiger partial charge in [0.25, 0.3) is 0 Å². The third kappa shape index (κ3) is 6.58. The van der Waals surface area contributed by atoms with Gasteiger partial charge in [0, 0.05) is 13.6 Å². The number of amides is 2. The van der Waals surface area contributed by atoms with Gasteiger partial charge >= 0.3 is 0 Å². The summed E-state index contributed by atoms with van der Waals surface area (Å²) in [5.74, 6) is 0.446. The number of halogens is 1. The molecule has 0 unspecified atom stereocenters. The van der Waals surface area contributed by atoms with Gasteiger partial charge in [-0.3, -0.25) is 14.5 Å². The predicted octanol–water partition coefficient (Wildman–Crippen LogP) is 2.88. The van der Waals surface area contributed by atoms with Crippen molar-refractivity contribution < 1.29 is 14.3 Å². The maximum absolute atomic E-state index is 12.4. The monoisotopic (exact) mass is 389 g/mol. The Hall–Kier alpha value is -2.57. The van der Waals surface area contributed by atoms with E-state index < -0.39 is 0 Å². The molecule has 7 heteroatoms. The van der Waals surface area contributed by atoms with E-state index in [9.17, 15) is 9.59 Å². The highest BCUT2D eigenvalue weighted by molar-refractivity contribution is 6.33. The minimum absolute atomic E-state index is 0.0779. The summed E-state index contributed by atoms with van der Waals surface area (Å²) in [7, 11) is 5.07. The highest BCUT2D eigenvalue weighted by Gasteiger charge is 2.15. The van der Waals surface area contributed by atoms with Crippen LogP contribution in [0.1, 0.15) is 5.56 Å². The van der Waals surface area contributed by atoms with Gasteiger partial charge in [0.1, 0.15) is 5.75 Å². The smallest absolute Gasteiger partial charge is 0.238 e. The number of hydrogen-bond donors (Lipinski definition) is 1. The van der Waals surface area contributed by atoms with Crippen molar-refractivity contribution in [3.05, 3.63) is 59.1 Å². The molecule has 0 aromatic heterocycles. The molecule has 144 valence electrons. The molecule has 2 rings (SSSR count). The molecule has 0 aliphatic heterocycles.